The van der Waals surface area contributed by atoms with Gasteiger partial charge in [0, 0.05) is 30.6 Å². The molecule has 2 saturated heterocycles. The van der Waals surface area contributed by atoms with Crippen LogP contribution in [0.4, 0.5) is 0 Å². The molecule has 5 fully saturated rings. The molecule has 3 aliphatic carbocycles. The average molecular weight is 463 g/mol. The van der Waals surface area contributed by atoms with E-state index < -0.39 is 24.0 Å². The predicted octanol–water partition coefficient (Wildman–Crippen LogP) is 4.37. The second kappa shape index (κ2) is 7.69. The molecule has 0 N–H and O–H groups in total. The molecule has 0 amide bonds. The summed E-state index contributed by atoms with van der Waals surface area (Å²) in [7, 11) is 0. The molecule has 1 spiro atoms. The molecular formula is C26H38O7. The topological polar surface area (TPSA) is 88.1 Å². The molecular weight excluding hydrogens is 424 g/mol. The van der Waals surface area contributed by atoms with Crippen molar-refractivity contribution in [1.29, 1.82) is 0 Å². The molecule has 3 saturated carbocycles. The van der Waals surface area contributed by atoms with Gasteiger partial charge in [0.2, 0.25) is 12.6 Å². The monoisotopic (exact) mass is 462 g/mol. The Morgan fingerprint density at radius 2 is 1.88 bits per heavy atom. The largest absolute Gasteiger partial charge is 0.462 e. The summed E-state index contributed by atoms with van der Waals surface area (Å²) in [4.78, 5) is 37.6. The van der Waals surface area contributed by atoms with Crippen molar-refractivity contribution in [2.24, 2.45) is 39.9 Å². The fourth-order valence-electron chi connectivity index (χ4n) is 9.13. The van der Waals surface area contributed by atoms with Crippen molar-refractivity contribution in [3.05, 3.63) is 0 Å². The number of carbonyl (C=O) groups is 3. The van der Waals surface area contributed by atoms with E-state index in [-0.39, 0.29) is 52.5 Å². The van der Waals surface area contributed by atoms with Crippen molar-refractivity contribution < 1.29 is 33.3 Å². The molecule has 9 atom stereocenters. The number of esters is 3. The van der Waals surface area contributed by atoms with Gasteiger partial charge >= 0.3 is 17.9 Å². The normalized spacial score (nSPS) is 47.1. The summed E-state index contributed by atoms with van der Waals surface area (Å²) < 4.78 is 23.9. The number of rotatable bonds is 4. The lowest BCUT2D eigenvalue weighted by Crippen LogP contribution is -2.67. The number of carbonyl (C=O) groups excluding carboxylic acids is 3. The predicted molar refractivity (Wildman–Crippen MR) is 117 cm³/mol. The Morgan fingerprint density at radius 1 is 1.12 bits per heavy atom. The summed E-state index contributed by atoms with van der Waals surface area (Å²) >= 11 is 0. The van der Waals surface area contributed by atoms with E-state index >= 15 is 0 Å². The lowest BCUT2D eigenvalue weighted by molar-refractivity contribution is -0.273. The highest BCUT2D eigenvalue weighted by Gasteiger charge is 2.77. The van der Waals surface area contributed by atoms with Gasteiger partial charge in [0.05, 0.1) is 5.92 Å². The van der Waals surface area contributed by atoms with E-state index in [2.05, 4.69) is 20.8 Å². The van der Waals surface area contributed by atoms with Crippen LogP contribution in [-0.2, 0) is 33.3 Å². The van der Waals surface area contributed by atoms with Gasteiger partial charge in [-0.3, -0.25) is 14.4 Å². The highest BCUT2D eigenvalue weighted by molar-refractivity contribution is 5.76. The molecule has 7 nitrogen and oxygen atoms in total. The Bertz CT molecular complexity index is 852. The maximum Gasteiger partial charge on any atom is 0.311 e. The molecule has 2 aliphatic heterocycles. The van der Waals surface area contributed by atoms with Crippen LogP contribution in [0, 0.1) is 39.9 Å². The summed E-state index contributed by atoms with van der Waals surface area (Å²) in [6.45, 7) is 10.3. The number of ether oxygens (including phenoxy) is 4. The van der Waals surface area contributed by atoms with E-state index in [0.717, 1.165) is 38.5 Å². The Morgan fingerprint density at radius 3 is 2.58 bits per heavy atom. The Kier molecular flexibility index (Phi) is 5.39. The third-order valence-electron chi connectivity index (χ3n) is 9.82. The van der Waals surface area contributed by atoms with Crippen molar-refractivity contribution in [3.8, 4) is 0 Å². The van der Waals surface area contributed by atoms with E-state index in [0.29, 0.717) is 12.8 Å². The molecule has 184 valence electrons. The Balaban J connectivity index is 1.64. The number of hydrogen-bond acceptors (Lipinski definition) is 7. The first kappa shape index (κ1) is 23.1. The molecule has 0 aromatic carbocycles. The van der Waals surface area contributed by atoms with Crippen LogP contribution in [0.1, 0.15) is 86.0 Å². The molecule has 2 heterocycles. The SMILES string of the molecule is CCCC(=O)O[C@H]1C[C@]23[C@@H](OC(C)=O)O[C@@H]4OC(=O)[C@H](CC[C@@H]2[C@@]2(C)CCCC(C)(C)[C@H]12)[C@@H]43. The van der Waals surface area contributed by atoms with Gasteiger partial charge in [0.25, 0.3) is 0 Å². The zero-order valence-electron chi connectivity index (χ0n) is 20.6. The van der Waals surface area contributed by atoms with Crippen LogP contribution >= 0.6 is 0 Å². The van der Waals surface area contributed by atoms with Crippen LogP contribution in [0.5, 0.6) is 0 Å². The Labute approximate surface area is 196 Å². The summed E-state index contributed by atoms with van der Waals surface area (Å²) in [6, 6.07) is 0. The highest BCUT2D eigenvalue weighted by Crippen LogP contribution is 2.74. The van der Waals surface area contributed by atoms with E-state index in [1.807, 2.05) is 6.92 Å². The Hall–Kier alpha value is -1.63. The van der Waals surface area contributed by atoms with Crippen LogP contribution < -0.4 is 0 Å². The lowest BCUT2D eigenvalue weighted by Gasteiger charge is -2.67. The van der Waals surface area contributed by atoms with Gasteiger partial charge in [-0.25, -0.2) is 0 Å². The minimum atomic E-state index is -0.791. The minimum absolute atomic E-state index is 0.0143. The minimum Gasteiger partial charge on any atom is -0.462 e. The second-order valence-corrected chi connectivity index (χ2v) is 12.1. The third kappa shape index (κ3) is 3.20. The van der Waals surface area contributed by atoms with Crippen molar-refractivity contribution in [1.82, 2.24) is 0 Å². The second-order valence-electron chi connectivity index (χ2n) is 12.1. The van der Waals surface area contributed by atoms with Gasteiger partial charge in [-0.05, 0) is 55.3 Å². The lowest BCUT2D eigenvalue weighted by atomic mass is 9.38. The first-order valence-corrected chi connectivity index (χ1v) is 12.8. The molecule has 0 bridgehead atoms. The van der Waals surface area contributed by atoms with Crippen molar-refractivity contribution in [3.63, 3.8) is 0 Å². The molecule has 0 aromatic rings. The van der Waals surface area contributed by atoms with Crippen LogP contribution in [0.25, 0.3) is 0 Å². The number of hydrogen-bond donors (Lipinski definition) is 0. The number of fused-ring (bicyclic) bond motifs is 2. The molecule has 0 radical (unpaired) electrons. The van der Waals surface area contributed by atoms with Gasteiger partial charge in [0.15, 0.2) is 0 Å². The van der Waals surface area contributed by atoms with Gasteiger partial charge in [0.1, 0.15) is 6.10 Å². The maximum absolute atomic E-state index is 12.8. The molecule has 5 aliphatic rings. The zero-order chi connectivity index (χ0) is 23.8. The first-order valence-electron chi connectivity index (χ1n) is 12.8. The average Bonchev–Trinajstić information content (AvgIpc) is 3.17. The van der Waals surface area contributed by atoms with E-state index in [9.17, 15) is 14.4 Å². The van der Waals surface area contributed by atoms with Crippen LogP contribution in [0.3, 0.4) is 0 Å². The van der Waals surface area contributed by atoms with Crippen LogP contribution in [-0.4, -0.2) is 36.6 Å². The molecule has 33 heavy (non-hydrogen) atoms. The summed E-state index contributed by atoms with van der Waals surface area (Å²) in [5, 5.41) is 0. The van der Waals surface area contributed by atoms with E-state index in [1.165, 1.54) is 6.92 Å². The molecule has 5 rings (SSSR count). The fraction of sp³-hybridized carbons (Fsp3) is 0.885. The summed E-state index contributed by atoms with van der Waals surface area (Å²) in [6.07, 6.45) is 4.73. The van der Waals surface area contributed by atoms with Gasteiger partial charge in [-0.1, -0.05) is 34.1 Å². The standard InChI is InChI=1S/C26H38O7/c1-6-8-18(28)31-16-13-26-17(25(5)12-7-11-24(3,4)20(16)25)10-9-15-19(26)22(32-21(15)29)33-23(26)30-14(2)27/h15-17,19-20,22-23H,6-13H2,1-5H3/t15-,16+,17-,19+,20+,22+,23+,25-,26+/m1/s1. The zero-order valence-corrected chi connectivity index (χ0v) is 20.6. The van der Waals surface area contributed by atoms with Gasteiger partial charge < -0.3 is 18.9 Å². The molecule has 0 unspecified atom stereocenters. The van der Waals surface area contributed by atoms with Crippen molar-refractivity contribution in [2.75, 3.05) is 0 Å². The van der Waals surface area contributed by atoms with Crippen molar-refractivity contribution in [2.45, 2.75) is 105 Å². The van der Waals surface area contributed by atoms with E-state index in [4.69, 9.17) is 18.9 Å². The van der Waals surface area contributed by atoms with Crippen LogP contribution in [0.15, 0.2) is 0 Å². The fourth-order valence-corrected chi connectivity index (χ4v) is 9.13. The van der Waals surface area contributed by atoms with Crippen molar-refractivity contribution >= 4 is 17.9 Å². The van der Waals surface area contributed by atoms with Gasteiger partial charge in [-0.15, -0.1) is 0 Å². The van der Waals surface area contributed by atoms with Crippen LogP contribution in [0.2, 0.25) is 0 Å². The third-order valence-corrected chi connectivity index (χ3v) is 9.82. The summed E-state index contributed by atoms with van der Waals surface area (Å²) in [5.41, 5.74) is -0.702. The highest BCUT2D eigenvalue weighted by atomic mass is 16.8. The van der Waals surface area contributed by atoms with Gasteiger partial charge in [-0.2, -0.15) is 0 Å². The smallest absolute Gasteiger partial charge is 0.311 e. The quantitative estimate of drug-likeness (QED) is 0.453. The molecule has 7 heteroatoms. The first-order chi connectivity index (χ1) is 15.5. The maximum atomic E-state index is 12.8. The molecule has 0 aromatic heterocycles. The summed E-state index contributed by atoms with van der Waals surface area (Å²) in [5.74, 6) is -0.828. The van der Waals surface area contributed by atoms with E-state index in [1.54, 1.807) is 0 Å².